The molecule has 0 radical (unpaired) electrons. The number of hydrogen-bond acceptors (Lipinski definition) is 4. The van der Waals surface area contributed by atoms with Gasteiger partial charge in [0, 0.05) is 18.6 Å². The van der Waals surface area contributed by atoms with E-state index in [1.165, 1.54) is 0 Å². The van der Waals surface area contributed by atoms with Gasteiger partial charge in [-0.2, -0.15) is 0 Å². The molecule has 1 heterocycles. The smallest absolute Gasteiger partial charge is 0.330 e. The number of anilines is 1. The summed E-state index contributed by atoms with van der Waals surface area (Å²) in [5.74, 6) is 0.754. The second-order valence-electron chi connectivity index (χ2n) is 4.26. The third kappa shape index (κ3) is 2.71. The van der Waals surface area contributed by atoms with E-state index >= 15 is 0 Å². The van der Waals surface area contributed by atoms with E-state index in [1.54, 1.807) is 4.90 Å². The predicted molar refractivity (Wildman–Crippen MR) is 79.0 cm³/mol. The summed E-state index contributed by atoms with van der Waals surface area (Å²) >= 11 is 3.43. The third-order valence-electron chi connectivity index (χ3n) is 2.63. The monoisotopic (exact) mass is 325 g/mol. The summed E-state index contributed by atoms with van der Waals surface area (Å²) in [7, 11) is 3.71. The zero-order valence-corrected chi connectivity index (χ0v) is 12.7. The molecule has 0 aliphatic carbocycles. The molecular weight excluding hydrogens is 310 g/mol. The molecule has 1 aromatic carbocycles. The van der Waals surface area contributed by atoms with E-state index in [0.29, 0.717) is 18.1 Å². The molecule has 4 nitrogen and oxygen atoms in total. The molecule has 1 aromatic heterocycles. The SMILES string of the molecule is CCOc1oc(N(C)C)c(-c2cccc(Br)c2)c1O. The van der Waals surface area contributed by atoms with E-state index in [0.717, 1.165) is 10.0 Å². The van der Waals surface area contributed by atoms with Crippen molar-refractivity contribution >= 4 is 21.8 Å². The summed E-state index contributed by atoms with van der Waals surface area (Å²) in [5.41, 5.74) is 1.50. The number of benzene rings is 1. The fourth-order valence-electron chi connectivity index (χ4n) is 1.84. The minimum absolute atomic E-state index is 0.0312. The van der Waals surface area contributed by atoms with Crippen LogP contribution in [-0.2, 0) is 0 Å². The highest BCUT2D eigenvalue weighted by Gasteiger charge is 2.23. The van der Waals surface area contributed by atoms with Gasteiger partial charge < -0.3 is 19.2 Å². The number of ether oxygens (including phenoxy) is 1. The molecule has 0 fully saturated rings. The lowest BCUT2D eigenvalue weighted by Crippen LogP contribution is -2.08. The molecule has 102 valence electrons. The van der Waals surface area contributed by atoms with Crippen molar-refractivity contribution in [2.24, 2.45) is 0 Å². The van der Waals surface area contributed by atoms with Gasteiger partial charge in [0.1, 0.15) is 0 Å². The van der Waals surface area contributed by atoms with E-state index in [2.05, 4.69) is 15.9 Å². The van der Waals surface area contributed by atoms with Crippen LogP contribution in [0.4, 0.5) is 5.88 Å². The number of nitrogens with zero attached hydrogens (tertiary/aromatic N) is 1. The molecule has 0 atom stereocenters. The number of aromatic hydroxyl groups is 1. The fourth-order valence-corrected chi connectivity index (χ4v) is 2.24. The fraction of sp³-hybridized carbons (Fsp3) is 0.286. The Hall–Kier alpha value is -1.62. The zero-order valence-electron chi connectivity index (χ0n) is 11.1. The molecule has 0 saturated heterocycles. The predicted octanol–water partition coefficient (Wildman–Crippen LogP) is 3.88. The van der Waals surface area contributed by atoms with Gasteiger partial charge in [-0.25, -0.2) is 0 Å². The largest absolute Gasteiger partial charge is 0.501 e. The molecule has 0 aliphatic rings. The summed E-state index contributed by atoms with van der Waals surface area (Å²) in [6, 6.07) is 7.68. The van der Waals surface area contributed by atoms with Crippen molar-refractivity contribution in [2.45, 2.75) is 6.92 Å². The summed E-state index contributed by atoms with van der Waals surface area (Å²) in [4.78, 5) is 1.80. The van der Waals surface area contributed by atoms with Crippen LogP contribution >= 0.6 is 15.9 Å². The second kappa shape index (κ2) is 5.57. The average Bonchev–Trinajstić information content (AvgIpc) is 2.68. The average molecular weight is 326 g/mol. The number of hydrogen-bond donors (Lipinski definition) is 1. The van der Waals surface area contributed by atoms with E-state index in [1.807, 2.05) is 45.3 Å². The van der Waals surface area contributed by atoms with Crippen molar-refractivity contribution in [1.29, 1.82) is 0 Å². The van der Waals surface area contributed by atoms with Crippen molar-refractivity contribution in [2.75, 3.05) is 25.6 Å². The zero-order chi connectivity index (χ0) is 14.0. The highest BCUT2D eigenvalue weighted by molar-refractivity contribution is 9.10. The molecule has 0 spiro atoms. The Balaban J connectivity index is 2.60. The molecule has 1 N–H and O–H groups in total. The summed E-state index contributed by atoms with van der Waals surface area (Å²) in [6.07, 6.45) is 0. The van der Waals surface area contributed by atoms with Gasteiger partial charge in [0.05, 0.1) is 12.2 Å². The lowest BCUT2D eigenvalue weighted by molar-refractivity contribution is 0.244. The maximum absolute atomic E-state index is 10.3. The van der Waals surface area contributed by atoms with E-state index in [4.69, 9.17) is 9.15 Å². The first-order valence-corrected chi connectivity index (χ1v) is 6.75. The second-order valence-corrected chi connectivity index (χ2v) is 5.17. The van der Waals surface area contributed by atoms with Gasteiger partial charge in [-0.05, 0) is 24.6 Å². The van der Waals surface area contributed by atoms with E-state index in [9.17, 15) is 5.11 Å². The molecule has 0 amide bonds. The van der Waals surface area contributed by atoms with Crippen molar-refractivity contribution in [3.05, 3.63) is 28.7 Å². The Morgan fingerprint density at radius 2 is 2.11 bits per heavy atom. The molecule has 0 unspecified atom stereocenters. The lowest BCUT2D eigenvalue weighted by Gasteiger charge is -2.10. The molecule has 2 rings (SSSR count). The van der Waals surface area contributed by atoms with Gasteiger partial charge >= 0.3 is 5.95 Å². The molecule has 0 aliphatic heterocycles. The minimum Gasteiger partial charge on any atom is -0.501 e. The highest BCUT2D eigenvalue weighted by Crippen LogP contribution is 2.47. The van der Waals surface area contributed by atoms with Gasteiger partial charge in [-0.15, -0.1) is 0 Å². The van der Waals surface area contributed by atoms with E-state index in [-0.39, 0.29) is 11.7 Å². The van der Waals surface area contributed by atoms with E-state index < -0.39 is 0 Å². The Labute approximate surface area is 120 Å². The Bertz CT molecular complexity index is 578. The van der Waals surface area contributed by atoms with Crippen LogP contribution in [-0.4, -0.2) is 25.8 Å². The highest BCUT2D eigenvalue weighted by atomic mass is 79.9. The van der Waals surface area contributed by atoms with Crippen molar-refractivity contribution in [3.8, 4) is 22.8 Å². The molecule has 2 aromatic rings. The van der Waals surface area contributed by atoms with Gasteiger partial charge in [0.2, 0.25) is 11.6 Å². The van der Waals surface area contributed by atoms with Crippen LogP contribution in [0, 0.1) is 0 Å². The molecule has 0 saturated carbocycles. The summed E-state index contributed by atoms with van der Waals surface area (Å²) in [6.45, 7) is 2.28. The third-order valence-corrected chi connectivity index (χ3v) is 3.12. The van der Waals surface area contributed by atoms with Crippen LogP contribution < -0.4 is 9.64 Å². The van der Waals surface area contributed by atoms with Crippen molar-refractivity contribution < 1.29 is 14.3 Å². The Morgan fingerprint density at radius 1 is 1.37 bits per heavy atom. The van der Waals surface area contributed by atoms with Crippen LogP contribution in [0.3, 0.4) is 0 Å². The Kier molecular flexibility index (Phi) is 4.04. The number of halogens is 1. The molecular formula is C14H16BrNO3. The van der Waals surface area contributed by atoms with Crippen LogP contribution in [0.5, 0.6) is 11.7 Å². The normalized spacial score (nSPS) is 10.5. The Morgan fingerprint density at radius 3 is 2.68 bits per heavy atom. The van der Waals surface area contributed by atoms with Crippen LogP contribution in [0.2, 0.25) is 0 Å². The lowest BCUT2D eigenvalue weighted by atomic mass is 10.1. The first kappa shape index (κ1) is 13.8. The molecule has 5 heteroatoms. The maximum atomic E-state index is 10.3. The first-order valence-electron chi connectivity index (χ1n) is 5.96. The molecule has 19 heavy (non-hydrogen) atoms. The molecule has 0 bridgehead atoms. The van der Waals surface area contributed by atoms with Crippen LogP contribution in [0.15, 0.2) is 33.2 Å². The van der Waals surface area contributed by atoms with Gasteiger partial charge in [0.25, 0.3) is 0 Å². The van der Waals surface area contributed by atoms with Gasteiger partial charge in [-0.3, -0.25) is 0 Å². The topological polar surface area (TPSA) is 45.8 Å². The summed E-state index contributed by atoms with van der Waals surface area (Å²) in [5, 5.41) is 10.3. The van der Waals surface area contributed by atoms with Crippen molar-refractivity contribution in [1.82, 2.24) is 0 Å². The van der Waals surface area contributed by atoms with Gasteiger partial charge in [-0.1, -0.05) is 28.1 Å². The van der Waals surface area contributed by atoms with Gasteiger partial charge in [0.15, 0.2) is 0 Å². The van der Waals surface area contributed by atoms with Crippen molar-refractivity contribution in [3.63, 3.8) is 0 Å². The quantitative estimate of drug-likeness (QED) is 0.926. The standard InChI is InChI=1S/C14H16BrNO3/c1-4-18-14-12(17)11(13(19-14)16(2)3)9-6-5-7-10(15)8-9/h5-8,17H,4H2,1-3H3. The van der Waals surface area contributed by atoms with Crippen LogP contribution in [0.1, 0.15) is 6.92 Å². The maximum Gasteiger partial charge on any atom is 0.330 e. The first-order chi connectivity index (χ1) is 9.04. The van der Waals surface area contributed by atoms with Crippen LogP contribution in [0.25, 0.3) is 11.1 Å². The summed E-state index contributed by atoms with van der Waals surface area (Å²) < 4.78 is 11.8. The minimum atomic E-state index is 0.0312. The number of furan rings is 1. The number of rotatable bonds is 4.